The fraction of sp³-hybridized carbons (Fsp3) is 0.875. The molecule has 0 aromatic rings. The van der Waals surface area contributed by atoms with Crippen molar-refractivity contribution in [2.24, 2.45) is 5.11 Å². The van der Waals surface area contributed by atoms with Crippen LogP contribution < -0.4 is 5.11 Å². The van der Waals surface area contributed by atoms with Crippen LogP contribution in [0.5, 0.6) is 0 Å². The quantitative estimate of drug-likeness (QED) is 0.231. The molecule has 0 unspecified atom stereocenters. The molecule has 1 fully saturated rings. The van der Waals surface area contributed by atoms with Gasteiger partial charge in [0.1, 0.15) is 18.2 Å². The van der Waals surface area contributed by atoms with E-state index in [0.717, 1.165) is 0 Å². The number of carbonyl (C=O) groups excluding carboxylic acids is 1. The minimum absolute atomic E-state index is 0.520. The summed E-state index contributed by atoms with van der Waals surface area (Å²) in [6.45, 7) is -0.520. The van der Waals surface area contributed by atoms with Gasteiger partial charge in [0.25, 0.3) is 0 Å². The minimum atomic E-state index is -2.82. The summed E-state index contributed by atoms with van der Waals surface area (Å²) in [7, 11) is 0. The molecule has 0 bridgehead atoms. The topological polar surface area (TPSA) is 179 Å². The SMILES string of the molecule is [N-]=[N+]=NC[C@@H](O)[C@H]1O[C@@](O)(C(=O)[O-])C[C@@H](O)[C@H]1O. The lowest BCUT2D eigenvalue weighted by Gasteiger charge is -2.44. The lowest BCUT2D eigenvalue weighted by Crippen LogP contribution is -2.64. The maximum absolute atomic E-state index is 10.7. The lowest BCUT2D eigenvalue weighted by molar-refractivity contribution is -0.378. The van der Waals surface area contributed by atoms with Gasteiger partial charge in [-0.3, -0.25) is 0 Å². The van der Waals surface area contributed by atoms with Crippen molar-refractivity contribution in [3.63, 3.8) is 0 Å². The fourth-order valence-electron chi connectivity index (χ4n) is 1.63. The number of hydrogen-bond donors (Lipinski definition) is 4. The van der Waals surface area contributed by atoms with Crippen molar-refractivity contribution in [2.75, 3.05) is 6.54 Å². The molecule has 1 heterocycles. The highest BCUT2D eigenvalue weighted by Crippen LogP contribution is 2.29. The Bertz CT molecular complexity index is 372. The van der Waals surface area contributed by atoms with Gasteiger partial charge in [0.15, 0.2) is 0 Å². The highest BCUT2D eigenvalue weighted by Gasteiger charge is 2.48. The minimum Gasteiger partial charge on any atom is -0.544 e. The second-order valence-electron chi connectivity index (χ2n) is 3.90. The Labute approximate surface area is 101 Å². The Morgan fingerprint density at radius 3 is 2.78 bits per heavy atom. The molecule has 1 rings (SSSR count). The van der Waals surface area contributed by atoms with Crippen LogP contribution in [-0.4, -0.2) is 63.1 Å². The third-order valence-corrected chi connectivity index (χ3v) is 2.58. The van der Waals surface area contributed by atoms with Gasteiger partial charge >= 0.3 is 0 Å². The van der Waals surface area contributed by atoms with Crippen molar-refractivity contribution >= 4 is 5.97 Å². The predicted molar refractivity (Wildman–Crippen MR) is 51.5 cm³/mol. The Morgan fingerprint density at radius 2 is 2.28 bits per heavy atom. The largest absolute Gasteiger partial charge is 0.544 e. The molecule has 0 aliphatic carbocycles. The van der Waals surface area contributed by atoms with Crippen molar-refractivity contribution in [3.8, 4) is 0 Å². The van der Waals surface area contributed by atoms with Gasteiger partial charge in [-0.25, -0.2) is 0 Å². The molecule has 0 saturated carbocycles. The Balaban J connectivity index is 2.88. The summed E-state index contributed by atoms with van der Waals surface area (Å²) in [5, 5.41) is 51.7. The van der Waals surface area contributed by atoms with Crippen LogP contribution in [0.3, 0.4) is 0 Å². The molecule has 102 valence electrons. The third kappa shape index (κ3) is 2.88. The average Bonchev–Trinajstić information content (AvgIpc) is 2.30. The van der Waals surface area contributed by atoms with Crippen molar-refractivity contribution in [3.05, 3.63) is 10.4 Å². The van der Waals surface area contributed by atoms with Gasteiger partial charge in [-0.2, -0.15) is 0 Å². The summed E-state index contributed by atoms with van der Waals surface area (Å²) in [6.07, 6.45) is -7.28. The van der Waals surface area contributed by atoms with Crippen LogP contribution in [0.4, 0.5) is 0 Å². The molecule has 1 aliphatic heterocycles. The van der Waals surface area contributed by atoms with Gasteiger partial charge in [-0.1, -0.05) is 5.11 Å². The molecule has 1 saturated heterocycles. The number of aliphatic hydroxyl groups excluding tert-OH is 3. The Hall–Kier alpha value is -1.42. The summed E-state index contributed by atoms with van der Waals surface area (Å²) in [5.41, 5.74) is 8.06. The lowest BCUT2D eigenvalue weighted by atomic mass is 9.92. The molecule has 0 spiro atoms. The van der Waals surface area contributed by atoms with E-state index >= 15 is 0 Å². The Morgan fingerprint density at radius 1 is 1.67 bits per heavy atom. The zero-order valence-electron chi connectivity index (χ0n) is 9.08. The van der Waals surface area contributed by atoms with E-state index in [1.165, 1.54) is 0 Å². The van der Waals surface area contributed by atoms with Crippen molar-refractivity contribution in [2.45, 2.75) is 36.6 Å². The Kier molecular flexibility index (Phi) is 4.46. The number of rotatable bonds is 4. The maximum atomic E-state index is 10.7. The number of carbonyl (C=O) groups is 1. The van der Waals surface area contributed by atoms with Crippen LogP contribution in [0, 0.1) is 0 Å². The molecule has 4 N–H and O–H groups in total. The van der Waals surface area contributed by atoms with Crippen LogP contribution in [-0.2, 0) is 9.53 Å². The highest BCUT2D eigenvalue weighted by molar-refractivity contribution is 5.73. The summed E-state index contributed by atoms with van der Waals surface area (Å²) in [4.78, 5) is 13.0. The van der Waals surface area contributed by atoms with Crippen molar-refractivity contribution in [1.29, 1.82) is 0 Å². The summed E-state index contributed by atoms with van der Waals surface area (Å²) in [5.74, 6) is -4.82. The molecule has 0 aromatic heterocycles. The first kappa shape index (κ1) is 14.6. The van der Waals surface area contributed by atoms with E-state index in [-0.39, 0.29) is 0 Å². The smallest absolute Gasteiger partial charge is 0.210 e. The van der Waals surface area contributed by atoms with E-state index in [1.807, 2.05) is 0 Å². The molecular formula is C8H12N3O7-. The first-order valence-corrected chi connectivity index (χ1v) is 4.98. The summed E-state index contributed by atoms with van der Waals surface area (Å²) < 4.78 is 4.63. The van der Waals surface area contributed by atoms with Gasteiger partial charge in [0.05, 0.1) is 18.8 Å². The average molecular weight is 262 g/mol. The van der Waals surface area contributed by atoms with Gasteiger partial charge in [0.2, 0.25) is 5.79 Å². The highest BCUT2D eigenvalue weighted by atomic mass is 16.7. The maximum Gasteiger partial charge on any atom is 0.210 e. The van der Waals surface area contributed by atoms with Crippen molar-refractivity contribution in [1.82, 2.24) is 0 Å². The predicted octanol–water partition coefficient (Wildman–Crippen LogP) is -3.39. The van der Waals surface area contributed by atoms with E-state index in [2.05, 4.69) is 14.8 Å². The van der Waals surface area contributed by atoms with Gasteiger partial charge < -0.3 is 35.1 Å². The number of aliphatic hydroxyl groups is 4. The first-order chi connectivity index (χ1) is 8.31. The molecule has 0 radical (unpaired) electrons. The summed E-state index contributed by atoms with van der Waals surface area (Å²) >= 11 is 0. The molecule has 10 nitrogen and oxygen atoms in total. The standard InChI is InChI=1S/C8H13N3O7/c9-11-10-2-4(13)6-5(14)3(12)1-8(17,18-6)7(15)16/h3-6,12-14,17H,1-2H2,(H,15,16)/p-1/t3-,4-,5-,6-,8-/m1/s1. The number of nitrogens with zero attached hydrogens (tertiary/aromatic N) is 3. The molecule has 18 heavy (non-hydrogen) atoms. The molecule has 0 aromatic carbocycles. The number of carboxylic acid groups (broad SMARTS) is 1. The zero-order valence-corrected chi connectivity index (χ0v) is 9.08. The van der Waals surface area contributed by atoms with Crippen LogP contribution in [0.15, 0.2) is 5.11 Å². The number of hydrogen-bond acceptors (Lipinski definition) is 8. The molecular weight excluding hydrogens is 250 g/mol. The monoisotopic (exact) mass is 262 g/mol. The molecule has 1 aliphatic rings. The van der Waals surface area contributed by atoms with Gasteiger partial charge in [-0.15, -0.1) is 0 Å². The van der Waals surface area contributed by atoms with Gasteiger partial charge in [0, 0.05) is 11.3 Å². The van der Waals surface area contributed by atoms with E-state index in [1.54, 1.807) is 0 Å². The number of aliphatic carboxylic acids is 1. The molecule has 5 atom stereocenters. The van der Waals surface area contributed by atoms with Crippen LogP contribution in [0.2, 0.25) is 0 Å². The molecule has 10 heteroatoms. The van der Waals surface area contributed by atoms with E-state index in [0.29, 0.717) is 0 Å². The van der Waals surface area contributed by atoms with Gasteiger partial charge in [-0.05, 0) is 5.53 Å². The van der Waals surface area contributed by atoms with E-state index in [4.69, 9.17) is 5.53 Å². The third-order valence-electron chi connectivity index (χ3n) is 2.58. The number of azide groups is 1. The van der Waals surface area contributed by atoms with E-state index < -0.39 is 49.1 Å². The zero-order chi connectivity index (χ0) is 13.9. The fourth-order valence-corrected chi connectivity index (χ4v) is 1.63. The first-order valence-electron chi connectivity index (χ1n) is 4.98. The summed E-state index contributed by atoms with van der Waals surface area (Å²) in [6, 6.07) is 0. The molecule has 0 amide bonds. The van der Waals surface area contributed by atoms with Crippen LogP contribution >= 0.6 is 0 Å². The van der Waals surface area contributed by atoms with Crippen LogP contribution in [0.25, 0.3) is 10.4 Å². The normalized spacial score (nSPS) is 37.7. The second-order valence-corrected chi connectivity index (χ2v) is 3.90. The van der Waals surface area contributed by atoms with Crippen LogP contribution in [0.1, 0.15) is 6.42 Å². The number of carboxylic acids is 1. The van der Waals surface area contributed by atoms with Crippen molar-refractivity contribution < 1.29 is 35.1 Å². The second kappa shape index (κ2) is 5.48. The van der Waals surface area contributed by atoms with E-state index in [9.17, 15) is 30.3 Å². The number of ether oxygens (including phenoxy) is 1.